The van der Waals surface area contributed by atoms with E-state index in [1.807, 2.05) is 18.2 Å². The molecule has 0 N–H and O–H groups in total. The first-order valence-corrected chi connectivity index (χ1v) is 14.5. The number of benzene rings is 2. The van der Waals surface area contributed by atoms with E-state index in [4.69, 9.17) is 32.7 Å². The number of amides is 1. The summed E-state index contributed by atoms with van der Waals surface area (Å²) in [5.41, 5.74) is 1.49. The maximum absolute atomic E-state index is 13.1. The van der Waals surface area contributed by atoms with Gasteiger partial charge in [0.1, 0.15) is 10.8 Å². The van der Waals surface area contributed by atoms with Crippen molar-refractivity contribution in [2.75, 3.05) is 13.7 Å². The van der Waals surface area contributed by atoms with Gasteiger partial charge in [-0.1, -0.05) is 53.5 Å². The maximum Gasteiger partial charge on any atom is 0.294 e. The Balaban J connectivity index is 1.59. The lowest BCUT2D eigenvalue weighted by molar-refractivity contribution is -0.121. The zero-order valence-electron chi connectivity index (χ0n) is 19.4. The van der Waals surface area contributed by atoms with Crippen LogP contribution in [0.1, 0.15) is 11.1 Å². The fraction of sp³-hybridized carbons (Fsp3) is 0.120. The molecule has 3 aromatic rings. The molecular formula is C25H20Cl2N2O5S3. The van der Waals surface area contributed by atoms with E-state index in [0.717, 1.165) is 28.7 Å². The second kappa shape index (κ2) is 11.7. The number of carbonyl (C=O) groups excluding carboxylic acids is 1. The lowest BCUT2D eigenvalue weighted by Crippen LogP contribution is -2.29. The molecule has 0 unspecified atom stereocenters. The second-order valence-corrected chi connectivity index (χ2v) is 12.5. The molecule has 2 heterocycles. The van der Waals surface area contributed by atoms with Crippen molar-refractivity contribution in [3.8, 4) is 11.5 Å². The van der Waals surface area contributed by atoms with E-state index in [9.17, 15) is 13.2 Å². The summed E-state index contributed by atoms with van der Waals surface area (Å²) < 4.78 is 41.1. The molecule has 1 aliphatic rings. The van der Waals surface area contributed by atoms with E-state index in [1.54, 1.807) is 30.3 Å². The van der Waals surface area contributed by atoms with E-state index in [2.05, 4.69) is 11.0 Å². The molecule has 12 heteroatoms. The van der Waals surface area contributed by atoms with Crippen LogP contribution in [0.2, 0.25) is 9.36 Å². The predicted octanol–water partition coefficient (Wildman–Crippen LogP) is 6.49. The number of sulfonamides is 1. The van der Waals surface area contributed by atoms with Gasteiger partial charge in [0.05, 0.1) is 16.4 Å². The Bertz CT molecular complexity index is 1520. The molecule has 0 bridgehead atoms. The molecule has 1 aromatic heterocycles. The molecule has 1 amide bonds. The van der Waals surface area contributed by atoms with Gasteiger partial charge in [-0.25, -0.2) is 0 Å². The molecule has 0 aliphatic carbocycles. The van der Waals surface area contributed by atoms with Crippen molar-refractivity contribution in [1.82, 2.24) is 4.90 Å². The molecule has 1 fully saturated rings. The first-order chi connectivity index (χ1) is 17.7. The molecular weight excluding hydrogens is 575 g/mol. The number of hydrogen-bond acceptors (Lipinski definition) is 7. The number of amidine groups is 1. The van der Waals surface area contributed by atoms with Crippen molar-refractivity contribution in [3.63, 3.8) is 0 Å². The lowest BCUT2D eigenvalue weighted by atomic mass is 10.1. The number of ether oxygens (including phenoxy) is 2. The van der Waals surface area contributed by atoms with Crippen LogP contribution < -0.4 is 9.47 Å². The zero-order chi connectivity index (χ0) is 26.6. The minimum absolute atomic E-state index is 0.00820. The predicted molar refractivity (Wildman–Crippen MR) is 150 cm³/mol. The summed E-state index contributed by atoms with van der Waals surface area (Å²) in [7, 11) is -2.53. The first-order valence-electron chi connectivity index (χ1n) is 10.7. The highest BCUT2D eigenvalue weighted by Gasteiger charge is 2.34. The second-order valence-electron chi connectivity index (χ2n) is 7.51. The molecule has 1 saturated heterocycles. The molecule has 4 rings (SSSR count). The van der Waals surface area contributed by atoms with E-state index >= 15 is 0 Å². The normalized spacial score (nSPS) is 16.0. The fourth-order valence-corrected chi connectivity index (χ4v) is 7.11. The first kappa shape index (κ1) is 27.3. The number of thioether (sulfide) groups is 1. The smallest absolute Gasteiger partial charge is 0.294 e. The highest BCUT2D eigenvalue weighted by molar-refractivity contribution is 8.19. The molecule has 0 saturated carbocycles. The minimum Gasteiger partial charge on any atom is -0.493 e. The molecule has 0 atom stereocenters. The Hall–Kier alpha value is -2.76. The van der Waals surface area contributed by atoms with Gasteiger partial charge in [0.15, 0.2) is 16.7 Å². The van der Waals surface area contributed by atoms with Crippen LogP contribution in [0.3, 0.4) is 0 Å². The van der Waals surface area contributed by atoms with Crippen LogP contribution >= 0.6 is 46.3 Å². The third-order valence-corrected chi connectivity index (χ3v) is 9.48. The van der Waals surface area contributed by atoms with Gasteiger partial charge in [0, 0.05) is 17.1 Å². The van der Waals surface area contributed by atoms with Crippen LogP contribution in [0.5, 0.6) is 11.5 Å². The van der Waals surface area contributed by atoms with Crippen molar-refractivity contribution in [1.29, 1.82) is 0 Å². The molecule has 1 aliphatic heterocycles. The standard InChI is InChI=1S/C25H20Cl2N2O5S3/c1-3-12-29-24(30)21(35-25(29)28-37(31,32)23-11-10-22(27)36-23)14-16-8-9-19(20(13-16)33-2)34-15-17-6-4-5-7-18(17)26/h3-11,13-14H,1,12,15H2,2H3. The molecule has 7 nitrogen and oxygen atoms in total. The van der Waals surface area contributed by atoms with Gasteiger partial charge in [-0.3, -0.25) is 9.69 Å². The fourth-order valence-electron chi connectivity index (χ4n) is 3.27. The summed E-state index contributed by atoms with van der Waals surface area (Å²) in [4.78, 5) is 14.6. The molecule has 0 radical (unpaired) electrons. The third-order valence-electron chi connectivity index (χ3n) is 5.03. The molecule has 2 aromatic carbocycles. The monoisotopic (exact) mass is 594 g/mol. The summed E-state index contributed by atoms with van der Waals surface area (Å²) >= 11 is 13.9. The number of methoxy groups -OCH3 is 1. The Labute approximate surface area is 233 Å². The van der Waals surface area contributed by atoms with Crippen molar-refractivity contribution in [2.24, 2.45) is 4.40 Å². The Kier molecular flexibility index (Phi) is 8.66. The molecule has 192 valence electrons. The number of carbonyl (C=O) groups is 1. The van der Waals surface area contributed by atoms with Crippen molar-refractivity contribution in [2.45, 2.75) is 10.8 Å². The van der Waals surface area contributed by atoms with Gasteiger partial charge >= 0.3 is 0 Å². The van der Waals surface area contributed by atoms with E-state index < -0.39 is 10.0 Å². The van der Waals surface area contributed by atoms with Crippen molar-refractivity contribution in [3.05, 3.63) is 92.6 Å². The maximum atomic E-state index is 13.1. The van der Waals surface area contributed by atoms with Gasteiger partial charge < -0.3 is 9.47 Å². The summed E-state index contributed by atoms with van der Waals surface area (Å²) in [5, 5.41) is 0.637. The van der Waals surface area contributed by atoms with Crippen LogP contribution in [-0.4, -0.2) is 38.0 Å². The van der Waals surface area contributed by atoms with Crippen LogP contribution in [0.25, 0.3) is 6.08 Å². The summed E-state index contributed by atoms with van der Waals surface area (Å²) in [6.07, 6.45) is 3.14. The number of halogens is 2. The van der Waals surface area contributed by atoms with Crippen molar-refractivity contribution >= 4 is 73.5 Å². The average Bonchev–Trinajstić information content (AvgIpc) is 3.43. The van der Waals surface area contributed by atoms with Gasteiger partial charge in [-0.15, -0.1) is 22.3 Å². The average molecular weight is 596 g/mol. The molecule has 37 heavy (non-hydrogen) atoms. The number of hydrogen-bond donors (Lipinski definition) is 0. The molecule has 0 spiro atoms. The van der Waals surface area contributed by atoms with Gasteiger partial charge in [-0.2, -0.15) is 8.42 Å². The highest BCUT2D eigenvalue weighted by Crippen LogP contribution is 2.36. The lowest BCUT2D eigenvalue weighted by Gasteiger charge is -2.12. The SMILES string of the molecule is C=CCN1C(=O)C(=Cc2ccc(OCc3ccccc3Cl)c(OC)c2)SC1=NS(=O)(=O)c1ccc(Cl)s1. The summed E-state index contributed by atoms with van der Waals surface area (Å²) in [6, 6.07) is 15.5. The van der Waals surface area contributed by atoms with Gasteiger partial charge in [0.25, 0.3) is 15.9 Å². The Morgan fingerprint density at radius 3 is 2.57 bits per heavy atom. The van der Waals surface area contributed by atoms with E-state index in [1.165, 1.54) is 30.2 Å². The number of thiophene rings is 1. The van der Waals surface area contributed by atoms with E-state index in [0.29, 0.717) is 31.3 Å². The minimum atomic E-state index is -4.04. The number of nitrogens with zero attached hydrogens (tertiary/aromatic N) is 2. The zero-order valence-corrected chi connectivity index (χ0v) is 23.3. The Morgan fingerprint density at radius 1 is 1.11 bits per heavy atom. The quantitative estimate of drug-likeness (QED) is 0.208. The third kappa shape index (κ3) is 6.39. The van der Waals surface area contributed by atoms with Crippen LogP contribution in [-0.2, 0) is 21.4 Å². The van der Waals surface area contributed by atoms with Crippen LogP contribution in [0, 0.1) is 0 Å². The van der Waals surface area contributed by atoms with E-state index in [-0.39, 0.29) is 28.4 Å². The van der Waals surface area contributed by atoms with Gasteiger partial charge in [-0.05, 0) is 53.7 Å². The van der Waals surface area contributed by atoms with Gasteiger partial charge in [0.2, 0.25) is 0 Å². The highest BCUT2D eigenvalue weighted by atomic mass is 35.5. The summed E-state index contributed by atoms with van der Waals surface area (Å²) in [6.45, 7) is 4.01. The summed E-state index contributed by atoms with van der Waals surface area (Å²) in [5.74, 6) is 0.582. The topological polar surface area (TPSA) is 85.3 Å². The van der Waals surface area contributed by atoms with Crippen molar-refractivity contribution < 1.29 is 22.7 Å². The van der Waals surface area contributed by atoms with Crippen LogP contribution in [0.15, 0.2) is 80.8 Å². The Morgan fingerprint density at radius 2 is 1.89 bits per heavy atom. The van der Waals surface area contributed by atoms with Crippen LogP contribution in [0.4, 0.5) is 0 Å². The number of rotatable bonds is 9. The largest absolute Gasteiger partial charge is 0.493 e.